The van der Waals surface area contributed by atoms with E-state index in [4.69, 9.17) is 5.11 Å². The average Bonchev–Trinajstić information content (AvgIpc) is 1.96. The molecule has 0 aromatic heterocycles. The Labute approximate surface area is 78.0 Å². The molecule has 0 fully saturated rings. The topological polar surface area (TPSA) is 23.1 Å². The Morgan fingerprint density at radius 1 is 0.667 bits per heavy atom. The fraction of sp³-hybridized carbons (Fsp3) is 0.143. The zero-order valence-electron chi connectivity index (χ0n) is 5.87. The number of benzene rings is 1. The number of hydrogen-bond donors (Lipinski definition) is 0. The minimum atomic E-state index is 0. The van der Waals surface area contributed by atoms with E-state index in [1.54, 1.807) is 0 Å². The fourth-order valence-corrected chi connectivity index (χ4v) is 0.385. The largest absolute Gasteiger partial charge is 1.00 e. The first kappa shape index (κ1) is 11.9. The quantitative estimate of drug-likeness (QED) is 0.363. The van der Waals surface area contributed by atoms with Gasteiger partial charge in [0.2, 0.25) is 0 Å². The van der Waals surface area contributed by atoms with Gasteiger partial charge in [0.15, 0.2) is 0 Å². The van der Waals surface area contributed by atoms with Crippen molar-refractivity contribution in [1.29, 1.82) is 0 Å². The molecule has 0 saturated carbocycles. The van der Waals surface area contributed by atoms with Crippen LogP contribution in [0.1, 0.15) is 0 Å². The molecule has 0 aliphatic carbocycles. The van der Waals surface area contributed by atoms with E-state index in [0.717, 1.165) is 7.11 Å². The van der Waals surface area contributed by atoms with E-state index in [2.05, 4.69) is 0 Å². The summed E-state index contributed by atoms with van der Waals surface area (Å²) in [6.07, 6.45) is 0. The Hall–Kier alpha value is 0.180. The third-order valence-corrected chi connectivity index (χ3v) is 0.667. The van der Waals surface area contributed by atoms with Gasteiger partial charge in [-0.25, -0.2) is 0 Å². The van der Waals surface area contributed by atoms with Crippen LogP contribution in [0.5, 0.6) is 0 Å². The Bertz CT molecular complexity index is 80.8. The predicted molar refractivity (Wildman–Crippen MR) is 32.4 cm³/mol. The molecule has 0 atom stereocenters. The van der Waals surface area contributed by atoms with Crippen LogP contribution in [0.2, 0.25) is 0 Å². The van der Waals surface area contributed by atoms with Gasteiger partial charge in [-0.1, -0.05) is 36.4 Å². The van der Waals surface area contributed by atoms with Crippen LogP contribution in [0.4, 0.5) is 0 Å². The summed E-state index contributed by atoms with van der Waals surface area (Å²) < 4.78 is 0. The molecule has 0 bridgehead atoms. The molecule has 1 rings (SSSR count). The molecule has 0 amide bonds. The van der Waals surface area contributed by atoms with Crippen LogP contribution < -0.4 is 34.7 Å². The Morgan fingerprint density at radius 3 is 0.889 bits per heavy atom. The van der Waals surface area contributed by atoms with E-state index >= 15 is 0 Å². The zero-order valence-corrected chi connectivity index (χ0v) is 7.87. The first-order valence-electron chi connectivity index (χ1n) is 2.41. The summed E-state index contributed by atoms with van der Waals surface area (Å²) in [5.41, 5.74) is 0. The Morgan fingerprint density at radius 2 is 0.778 bits per heavy atom. The molecule has 1 nitrogen and oxygen atoms in total. The molecule has 1 aromatic rings. The summed E-state index contributed by atoms with van der Waals surface area (Å²) in [5, 5.41) is 8.25. The van der Waals surface area contributed by atoms with E-state index in [0.29, 0.717) is 0 Å². The van der Waals surface area contributed by atoms with Gasteiger partial charge in [-0.3, -0.25) is 0 Å². The van der Waals surface area contributed by atoms with Crippen molar-refractivity contribution in [2.45, 2.75) is 0 Å². The molecule has 0 N–H and O–H groups in total. The van der Waals surface area contributed by atoms with Crippen LogP contribution in [0, 0.1) is 0 Å². The van der Waals surface area contributed by atoms with Crippen LogP contribution in [0.25, 0.3) is 0 Å². The predicted octanol–water partition coefficient (Wildman–Crippen LogP) is -2.33. The van der Waals surface area contributed by atoms with Gasteiger partial charge in [0.1, 0.15) is 0 Å². The van der Waals surface area contributed by atoms with E-state index in [-0.39, 0.29) is 29.6 Å². The minimum absolute atomic E-state index is 0. The van der Waals surface area contributed by atoms with Crippen LogP contribution in [0.3, 0.4) is 0 Å². The summed E-state index contributed by atoms with van der Waals surface area (Å²) in [4.78, 5) is 0. The summed E-state index contributed by atoms with van der Waals surface area (Å²) in [6, 6.07) is 12.0. The van der Waals surface area contributed by atoms with Crippen molar-refractivity contribution in [2.75, 3.05) is 7.11 Å². The van der Waals surface area contributed by atoms with Crippen LogP contribution in [-0.4, -0.2) is 7.11 Å². The van der Waals surface area contributed by atoms with E-state index in [1.807, 2.05) is 36.4 Å². The normalized spacial score (nSPS) is 6.00. The van der Waals surface area contributed by atoms with Crippen molar-refractivity contribution in [1.82, 2.24) is 0 Å². The monoisotopic (exact) mass is 132 g/mol. The molecule has 0 aliphatic heterocycles. The van der Waals surface area contributed by atoms with Crippen molar-refractivity contribution in [3.05, 3.63) is 36.4 Å². The molecule has 0 heterocycles. The fourth-order valence-electron chi connectivity index (χ4n) is 0.385. The molecule has 0 saturated heterocycles. The molecule has 0 spiro atoms. The van der Waals surface area contributed by atoms with Gasteiger partial charge >= 0.3 is 29.6 Å². The van der Waals surface area contributed by atoms with Crippen molar-refractivity contribution < 1.29 is 34.7 Å². The Balaban J connectivity index is 0. The van der Waals surface area contributed by atoms with Gasteiger partial charge in [-0.15, -0.1) is 0 Å². The first-order chi connectivity index (χ1) is 4.00. The van der Waals surface area contributed by atoms with Gasteiger partial charge in [0.25, 0.3) is 0 Å². The van der Waals surface area contributed by atoms with Gasteiger partial charge < -0.3 is 5.11 Å². The molecule has 44 valence electrons. The second-order valence-corrected chi connectivity index (χ2v) is 1.15. The van der Waals surface area contributed by atoms with E-state index in [1.165, 1.54) is 0 Å². The molecule has 0 aliphatic rings. The molecule has 2 heteroatoms. The smallest absolute Gasteiger partial charge is 0.857 e. The molecule has 0 radical (unpaired) electrons. The SMILES string of the molecule is C[O-].[Na+].c1ccccc1. The van der Waals surface area contributed by atoms with Gasteiger partial charge in [-0.05, 0) is 0 Å². The van der Waals surface area contributed by atoms with E-state index < -0.39 is 0 Å². The maximum Gasteiger partial charge on any atom is 1.00 e. The summed E-state index contributed by atoms with van der Waals surface area (Å²) in [6.45, 7) is 0. The van der Waals surface area contributed by atoms with E-state index in [9.17, 15) is 0 Å². The van der Waals surface area contributed by atoms with Gasteiger partial charge in [0.05, 0.1) is 0 Å². The molecule has 9 heavy (non-hydrogen) atoms. The van der Waals surface area contributed by atoms with Crippen LogP contribution in [0.15, 0.2) is 36.4 Å². The first-order valence-corrected chi connectivity index (χ1v) is 2.41. The van der Waals surface area contributed by atoms with Gasteiger partial charge in [-0.2, -0.15) is 7.11 Å². The summed E-state index contributed by atoms with van der Waals surface area (Å²) in [7, 11) is 0.750. The minimum Gasteiger partial charge on any atom is -0.857 e. The second-order valence-electron chi connectivity index (χ2n) is 1.15. The van der Waals surface area contributed by atoms with Crippen molar-refractivity contribution in [2.24, 2.45) is 0 Å². The maximum absolute atomic E-state index is 8.25. The molecule has 0 unspecified atom stereocenters. The number of rotatable bonds is 0. The standard InChI is InChI=1S/C6H6.CH3O.Na/c1-2-4-6-5-3-1;1-2;/h1-6H;1H3;/q;-1;+1. The van der Waals surface area contributed by atoms with Crippen LogP contribution in [-0.2, 0) is 0 Å². The molecular formula is C7H9NaO. The average molecular weight is 132 g/mol. The zero-order chi connectivity index (χ0) is 6.24. The number of hydrogen-bond acceptors (Lipinski definition) is 1. The summed E-state index contributed by atoms with van der Waals surface area (Å²) >= 11 is 0. The third kappa shape index (κ3) is 8.18. The van der Waals surface area contributed by atoms with Crippen LogP contribution >= 0.6 is 0 Å². The molecular weight excluding hydrogens is 123 g/mol. The maximum atomic E-state index is 8.25. The Kier molecular flexibility index (Phi) is 14.6. The van der Waals surface area contributed by atoms with Crippen molar-refractivity contribution in [3.63, 3.8) is 0 Å². The van der Waals surface area contributed by atoms with Crippen molar-refractivity contribution in [3.8, 4) is 0 Å². The van der Waals surface area contributed by atoms with Crippen molar-refractivity contribution >= 4 is 0 Å². The molecule has 1 aromatic carbocycles. The third-order valence-electron chi connectivity index (χ3n) is 0.667. The summed E-state index contributed by atoms with van der Waals surface area (Å²) in [5.74, 6) is 0. The van der Waals surface area contributed by atoms with Gasteiger partial charge in [0, 0.05) is 0 Å². The second kappa shape index (κ2) is 11.0.